The van der Waals surface area contributed by atoms with Crippen molar-refractivity contribution in [3.05, 3.63) is 51.3 Å². The molecule has 0 saturated carbocycles. The Morgan fingerprint density at radius 2 is 2.12 bits per heavy atom. The zero-order chi connectivity index (χ0) is 12.4. The van der Waals surface area contributed by atoms with Crippen LogP contribution in [0.3, 0.4) is 0 Å². The molecular formula is C11H8ClN3O2. The molecule has 1 heterocycles. The quantitative estimate of drug-likeness (QED) is 0.466. The van der Waals surface area contributed by atoms with Crippen LogP contribution in [0.15, 0.2) is 30.5 Å². The van der Waals surface area contributed by atoms with Crippen LogP contribution in [0.4, 0.5) is 5.69 Å². The van der Waals surface area contributed by atoms with E-state index in [0.717, 1.165) is 5.56 Å². The highest BCUT2D eigenvalue weighted by Gasteiger charge is 2.12. The zero-order valence-corrected chi connectivity index (χ0v) is 9.68. The second-order valence-electron chi connectivity index (χ2n) is 3.46. The molecule has 6 heteroatoms. The van der Waals surface area contributed by atoms with Crippen molar-refractivity contribution in [1.29, 1.82) is 0 Å². The molecule has 0 atom stereocenters. The van der Waals surface area contributed by atoms with Gasteiger partial charge >= 0.3 is 0 Å². The van der Waals surface area contributed by atoms with Gasteiger partial charge in [-0.2, -0.15) is 0 Å². The maximum absolute atomic E-state index is 10.7. The Labute approximate surface area is 102 Å². The lowest BCUT2D eigenvalue weighted by Crippen LogP contribution is -1.94. The maximum Gasteiger partial charge on any atom is 0.270 e. The number of benzene rings is 1. The fourth-order valence-corrected chi connectivity index (χ4v) is 1.57. The number of aromatic nitrogens is 2. The monoisotopic (exact) mass is 249 g/mol. The third-order valence-electron chi connectivity index (χ3n) is 2.29. The summed E-state index contributed by atoms with van der Waals surface area (Å²) in [6.07, 6.45) is 1.52. The van der Waals surface area contributed by atoms with Crippen molar-refractivity contribution in [2.24, 2.45) is 0 Å². The van der Waals surface area contributed by atoms with Gasteiger partial charge in [0.2, 0.25) is 0 Å². The number of hydrogen-bond donors (Lipinski definition) is 0. The van der Waals surface area contributed by atoms with Gasteiger partial charge in [0.05, 0.1) is 4.92 Å². The molecule has 0 aliphatic carbocycles. The van der Waals surface area contributed by atoms with Crippen molar-refractivity contribution in [1.82, 2.24) is 9.97 Å². The molecular weight excluding hydrogens is 242 g/mol. The van der Waals surface area contributed by atoms with Crippen molar-refractivity contribution in [3.8, 4) is 11.4 Å². The van der Waals surface area contributed by atoms with Gasteiger partial charge in [-0.1, -0.05) is 17.7 Å². The fraction of sp³-hybridized carbons (Fsp3) is 0.0909. The van der Waals surface area contributed by atoms with Gasteiger partial charge < -0.3 is 0 Å². The first-order valence-electron chi connectivity index (χ1n) is 4.82. The molecule has 2 aromatic rings. The molecule has 5 nitrogen and oxygen atoms in total. The van der Waals surface area contributed by atoms with Crippen LogP contribution in [-0.2, 0) is 0 Å². The first-order valence-corrected chi connectivity index (χ1v) is 5.19. The lowest BCUT2D eigenvalue weighted by Gasteiger charge is -2.04. The second-order valence-corrected chi connectivity index (χ2v) is 3.85. The predicted octanol–water partition coefficient (Wildman–Crippen LogP) is 3.01. The third kappa shape index (κ3) is 2.39. The van der Waals surface area contributed by atoms with E-state index in [4.69, 9.17) is 11.6 Å². The van der Waals surface area contributed by atoms with Gasteiger partial charge in [0.1, 0.15) is 5.15 Å². The minimum absolute atomic E-state index is 0.00850. The third-order valence-corrected chi connectivity index (χ3v) is 2.50. The Morgan fingerprint density at radius 1 is 1.35 bits per heavy atom. The van der Waals surface area contributed by atoms with Crippen LogP contribution in [0.25, 0.3) is 11.4 Å². The summed E-state index contributed by atoms with van der Waals surface area (Å²) in [5, 5.41) is 11.0. The summed E-state index contributed by atoms with van der Waals surface area (Å²) < 4.78 is 0. The van der Waals surface area contributed by atoms with Crippen LogP contribution >= 0.6 is 11.6 Å². The molecule has 0 radical (unpaired) electrons. The summed E-state index contributed by atoms with van der Waals surface area (Å²) in [6, 6.07) is 6.11. The van der Waals surface area contributed by atoms with Crippen molar-refractivity contribution >= 4 is 17.3 Å². The van der Waals surface area contributed by atoms with E-state index < -0.39 is 4.92 Å². The Bertz CT molecular complexity index is 587. The van der Waals surface area contributed by atoms with Crippen LogP contribution in [0.5, 0.6) is 0 Å². The summed E-state index contributed by atoms with van der Waals surface area (Å²) in [5.74, 6) is 0.388. The number of non-ortho nitro benzene ring substituents is 1. The van der Waals surface area contributed by atoms with E-state index in [0.29, 0.717) is 16.5 Å². The van der Waals surface area contributed by atoms with Crippen LogP contribution < -0.4 is 0 Å². The van der Waals surface area contributed by atoms with Gasteiger partial charge in [-0.15, -0.1) is 0 Å². The van der Waals surface area contributed by atoms with Gasteiger partial charge in [-0.05, 0) is 18.6 Å². The number of halogens is 1. The van der Waals surface area contributed by atoms with E-state index >= 15 is 0 Å². The van der Waals surface area contributed by atoms with Gasteiger partial charge in [0, 0.05) is 23.9 Å². The topological polar surface area (TPSA) is 68.9 Å². The SMILES string of the molecule is Cc1ccc([N+](=O)[O-])cc1-c1nccc(Cl)n1. The highest BCUT2D eigenvalue weighted by Crippen LogP contribution is 2.25. The number of nitrogens with zero attached hydrogens (tertiary/aromatic N) is 3. The molecule has 1 aromatic carbocycles. The standard InChI is InChI=1S/C11H8ClN3O2/c1-7-2-3-8(15(16)17)6-9(7)11-13-5-4-10(12)14-11/h2-6H,1H3. The van der Waals surface area contributed by atoms with Crippen LogP contribution in [-0.4, -0.2) is 14.9 Å². The van der Waals surface area contributed by atoms with Crippen LogP contribution in [0, 0.1) is 17.0 Å². The zero-order valence-electron chi connectivity index (χ0n) is 8.92. The van der Waals surface area contributed by atoms with Crippen molar-refractivity contribution in [3.63, 3.8) is 0 Å². The molecule has 0 spiro atoms. The average Bonchev–Trinajstić information content (AvgIpc) is 2.29. The molecule has 0 saturated heterocycles. The Hall–Kier alpha value is -2.01. The Balaban J connectivity index is 2.58. The first-order chi connectivity index (χ1) is 8.08. The molecule has 0 unspecified atom stereocenters. The average molecular weight is 250 g/mol. The number of aryl methyl sites for hydroxylation is 1. The Morgan fingerprint density at radius 3 is 2.76 bits per heavy atom. The van der Waals surface area contributed by atoms with Crippen molar-refractivity contribution in [2.45, 2.75) is 6.92 Å². The van der Waals surface area contributed by atoms with E-state index in [1.165, 1.54) is 18.3 Å². The molecule has 0 bridgehead atoms. The summed E-state index contributed by atoms with van der Waals surface area (Å²) in [5.41, 5.74) is 1.48. The molecule has 0 fully saturated rings. The summed E-state index contributed by atoms with van der Waals surface area (Å²) in [6.45, 7) is 1.84. The number of nitro groups is 1. The van der Waals surface area contributed by atoms with E-state index in [9.17, 15) is 10.1 Å². The smallest absolute Gasteiger partial charge is 0.258 e. The fourth-order valence-electron chi connectivity index (χ4n) is 1.43. The normalized spacial score (nSPS) is 10.2. The largest absolute Gasteiger partial charge is 0.270 e. The molecule has 2 rings (SSSR count). The molecule has 0 amide bonds. The maximum atomic E-state index is 10.7. The molecule has 0 N–H and O–H groups in total. The summed E-state index contributed by atoms with van der Waals surface area (Å²) >= 11 is 5.76. The van der Waals surface area contributed by atoms with Gasteiger partial charge in [-0.25, -0.2) is 9.97 Å². The summed E-state index contributed by atoms with van der Waals surface area (Å²) in [7, 11) is 0. The summed E-state index contributed by atoms with van der Waals surface area (Å²) in [4.78, 5) is 18.3. The molecule has 86 valence electrons. The highest BCUT2D eigenvalue weighted by atomic mass is 35.5. The first kappa shape index (κ1) is 11.5. The van der Waals surface area contributed by atoms with E-state index in [1.807, 2.05) is 6.92 Å². The number of rotatable bonds is 2. The lowest BCUT2D eigenvalue weighted by atomic mass is 10.1. The van der Waals surface area contributed by atoms with E-state index in [-0.39, 0.29) is 5.69 Å². The molecule has 0 aliphatic heterocycles. The van der Waals surface area contributed by atoms with Gasteiger partial charge in [0.15, 0.2) is 5.82 Å². The molecule has 17 heavy (non-hydrogen) atoms. The lowest BCUT2D eigenvalue weighted by molar-refractivity contribution is -0.384. The second kappa shape index (κ2) is 4.47. The van der Waals surface area contributed by atoms with Crippen LogP contribution in [0.2, 0.25) is 5.15 Å². The minimum atomic E-state index is -0.451. The Kier molecular flexibility index (Phi) is 3.01. The highest BCUT2D eigenvalue weighted by molar-refractivity contribution is 6.29. The van der Waals surface area contributed by atoms with Crippen molar-refractivity contribution < 1.29 is 4.92 Å². The van der Waals surface area contributed by atoms with Crippen molar-refractivity contribution in [2.75, 3.05) is 0 Å². The van der Waals surface area contributed by atoms with E-state index in [2.05, 4.69) is 9.97 Å². The molecule has 0 aliphatic rings. The van der Waals surface area contributed by atoms with E-state index in [1.54, 1.807) is 12.1 Å². The number of nitro benzene ring substituents is 1. The van der Waals surface area contributed by atoms with Gasteiger partial charge in [0.25, 0.3) is 5.69 Å². The van der Waals surface area contributed by atoms with Crippen LogP contribution in [0.1, 0.15) is 5.56 Å². The van der Waals surface area contributed by atoms with Gasteiger partial charge in [-0.3, -0.25) is 10.1 Å². The minimum Gasteiger partial charge on any atom is -0.258 e. The predicted molar refractivity (Wildman–Crippen MR) is 63.9 cm³/mol. The molecule has 1 aromatic heterocycles. The number of hydrogen-bond acceptors (Lipinski definition) is 4.